The predicted octanol–water partition coefficient (Wildman–Crippen LogP) is 4.35. The van der Waals surface area contributed by atoms with Gasteiger partial charge in [0.05, 0.1) is 22.5 Å². The van der Waals surface area contributed by atoms with E-state index in [1.807, 2.05) is 36.4 Å². The smallest absolute Gasteiger partial charge is 0.269 e. The molecule has 0 atom stereocenters. The normalized spacial score (nSPS) is 12.5. The molecule has 1 aliphatic rings. The highest BCUT2D eigenvalue weighted by Crippen LogP contribution is 2.31. The fourth-order valence-corrected chi connectivity index (χ4v) is 3.34. The number of non-ortho nitro benzene ring substituents is 1. The van der Waals surface area contributed by atoms with Gasteiger partial charge in [-0.3, -0.25) is 20.3 Å². The molecule has 3 aromatic carbocycles. The van der Waals surface area contributed by atoms with Crippen molar-refractivity contribution in [2.75, 3.05) is 10.4 Å². The third kappa shape index (κ3) is 3.47. The molecule has 0 bridgehead atoms. The van der Waals surface area contributed by atoms with E-state index in [1.54, 1.807) is 47.3 Å². The van der Waals surface area contributed by atoms with E-state index in [-0.39, 0.29) is 17.3 Å². The molecule has 0 spiro atoms. The molecule has 0 saturated carbocycles. The largest absolute Gasteiger partial charge is 0.285 e. The summed E-state index contributed by atoms with van der Waals surface area (Å²) in [5.41, 5.74) is 5.57. The monoisotopic (exact) mass is 424 g/mol. The third-order valence-corrected chi connectivity index (χ3v) is 4.93. The number of nitro benzene ring substituents is 1. The highest BCUT2D eigenvalue weighted by molar-refractivity contribution is 6.48. The van der Waals surface area contributed by atoms with Crippen LogP contribution in [0.15, 0.2) is 96.2 Å². The Kier molecular flexibility index (Phi) is 4.68. The molecule has 156 valence electrons. The maximum Gasteiger partial charge on any atom is 0.269 e. The molecule has 0 saturated heterocycles. The summed E-state index contributed by atoms with van der Waals surface area (Å²) in [5.74, 6) is 0.222. The fraction of sp³-hybridized carbons (Fsp3) is 0. The van der Waals surface area contributed by atoms with Gasteiger partial charge in [0.15, 0.2) is 0 Å². The number of ketones is 1. The molecule has 9 nitrogen and oxygen atoms in total. The lowest BCUT2D eigenvalue weighted by molar-refractivity contribution is -0.384. The van der Waals surface area contributed by atoms with E-state index in [2.05, 4.69) is 15.5 Å². The minimum atomic E-state index is -0.469. The molecule has 9 heteroatoms. The number of amidine groups is 1. The number of nitrogens with zero attached hydrogens (tertiary/aromatic N) is 5. The molecule has 4 aromatic rings. The number of hydrogen-bond acceptors (Lipinski definition) is 7. The van der Waals surface area contributed by atoms with E-state index in [9.17, 15) is 14.9 Å². The second-order valence-electron chi connectivity index (χ2n) is 7.00. The second-order valence-corrected chi connectivity index (χ2v) is 7.00. The second kappa shape index (κ2) is 7.80. The zero-order valence-electron chi connectivity index (χ0n) is 16.6. The van der Waals surface area contributed by atoms with Gasteiger partial charge in [-0.15, -0.1) is 5.10 Å². The number of rotatable bonds is 5. The van der Waals surface area contributed by atoms with Crippen molar-refractivity contribution in [2.24, 2.45) is 5.10 Å². The van der Waals surface area contributed by atoms with Crippen molar-refractivity contribution >= 4 is 28.9 Å². The van der Waals surface area contributed by atoms with Gasteiger partial charge >= 0.3 is 0 Å². The lowest BCUT2D eigenvalue weighted by Gasteiger charge is -2.26. The average Bonchev–Trinajstić information content (AvgIpc) is 3.28. The number of benzene rings is 3. The van der Waals surface area contributed by atoms with Gasteiger partial charge < -0.3 is 0 Å². The molecule has 0 fully saturated rings. The first-order valence-corrected chi connectivity index (χ1v) is 9.75. The molecule has 32 heavy (non-hydrogen) atoms. The van der Waals surface area contributed by atoms with Crippen LogP contribution in [-0.4, -0.2) is 26.2 Å². The maximum absolute atomic E-state index is 13.1. The first kappa shape index (κ1) is 19.2. The van der Waals surface area contributed by atoms with Crippen molar-refractivity contribution in [3.8, 4) is 11.3 Å². The van der Waals surface area contributed by atoms with Crippen LogP contribution < -0.4 is 10.4 Å². The van der Waals surface area contributed by atoms with Crippen LogP contribution in [0.1, 0.15) is 10.4 Å². The van der Waals surface area contributed by atoms with Gasteiger partial charge in [-0.05, 0) is 12.1 Å². The Bertz CT molecular complexity index is 1330. The molecule has 0 aliphatic carbocycles. The van der Waals surface area contributed by atoms with Gasteiger partial charge in [0, 0.05) is 23.3 Å². The van der Waals surface area contributed by atoms with Crippen LogP contribution in [-0.2, 0) is 0 Å². The van der Waals surface area contributed by atoms with Crippen LogP contribution in [0.25, 0.3) is 11.3 Å². The molecule has 1 aromatic heterocycles. The van der Waals surface area contributed by atoms with Crippen LogP contribution in [0.2, 0.25) is 0 Å². The summed E-state index contributed by atoms with van der Waals surface area (Å²) in [7, 11) is 0. The number of hydrazone groups is 1. The molecule has 1 aliphatic heterocycles. The Morgan fingerprint density at radius 3 is 2.22 bits per heavy atom. The Hall–Kier alpha value is -4.79. The van der Waals surface area contributed by atoms with E-state index in [4.69, 9.17) is 0 Å². The summed E-state index contributed by atoms with van der Waals surface area (Å²) in [4.78, 5) is 28.3. The molecule has 1 N–H and O–H groups in total. The summed E-state index contributed by atoms with van der Waals surface area (Å²) >= 11 is 0. The van der Waals surface area contributed by atoms with Crippen LogP contribution in [0, 0.1) is 10.1 Å². The molecule has 5 rings (SSSR count). The van der Waals surface area contributed by atoms with Crippen molar-refractivity contribution in [1.29, 1.82) is 0 Å². The molecular weight excluding hydrogens is 408 g/mol. The number of carbonyl (C=O) groups excluding carboxylic acids is 1. The van der Waals surface area contributed by atoms with Crippen molar-refractivity contribution in [2.45, 2.75) is 0 Å². The number of aromatic nitrogens is 2. The van der Waals surface area contributed by atoms with Gasteiger partial charge in [-0.1, -0.05) is 60.7 Å². The number of hydrogen-bond donors (Lipinski definition) is 1. The van der Waals surface area contributed by atoms with Crippen molar-refractivity contribution in [1.82, 2.24) is 9.66 Å². The lowest BCUT2D eigenvalue weighted by Crippen LogP contribution is -2.38. The fourth-order valence-electron chi connectivity index (χ4n) is 3.34. The average molecular weight is 424 g/mol. The number of fused-ring (bicyclic) bond motifs is 1. The van der Waals surface area contributed by atoms with Gasteiger partial charge in [-0.2, -0.15) is 5.01 Å². The minimum absolute atomic E-state index is 0.0400. The van der Waals surface area contributed by atoms with Gasteiger partial charge in [0.1, 0.15) is 0 Å². The minimum Gasteiger partial charge on any atom is -0.285 e. The SMILES string of the molecule is O=C(C1=NN(c2ccc([N+](=O)[O-])cc2)c2nc(-c3ccccc3)cn2N1)c1ccccc1. The lowest BCUT2D eigenvalue weighted by atomic mass is 10.1. The number of nitro groups is 1. The summed E-state index contributed by atoms with van der Waals surface area (Å²) in [5, 5.41) is 17.0. The summed E-state index contributed by atoms with van der Waals surface area (Å²) in [6.45, 7) is 0. The van der Waals surface area contributed by atoms with E-state index in [0.717, 1.165) is 5.56 Å². The summed E-state index contributed by atoms with van der Waals surface area (Å²) in [6, 6.07) is 24.3. The van der Waals surface area contributed by atoms with Gasteiger partial charge in [0.25, 0.3) is 11.6 Å². The number of imidazole rings is 1. The number of Topliss-reactive ketones (excluding diaryl/α,β-unsaturated/α-hetero) is 1. The Morgan fingerprint density at radius 2 is 1.56 bits per heavy atom. The predicted molar refractivity (Wildman–Crippen MR) is 120 cm³/mol. The molecule has 0 unspecified atom stereocenters. The molecular formula is C23H16N6O3. The quantitative estimate of drug-likeness (QED) is 0.290. The molecule has 2 heterocycles. The Labute approximate surface area is 182 Å². The van der Waals surface area contributed by atoms with Crippen LogP contribution >= 0.6 is 0 Å². The van der Waals surface area contributed by atoms with Crippen LogP contribution in [0.4, 0.5) is 17.3 Å². The van der Waals surface area contributed by atoms with E-state index < -0.39 is 4.92 Å². The Morgan fingerprint density at radius 1 is 0.906 bits per heavy atom. The van der Waals surface area contributed by atoms with E-state index in [1.165, 1.54) is 17.1 Å². The van der Waals surface area contributed by atoms with Crippen LogP contribution in [0.5, 0.6) is 0 Å². The number of anilines is 2. The summed E-state index contributed by atoms with van der Waals surface area (Å²) < 4.78 is 1.62. The maximum atomic E-state index is 13.1. The van der Waals surface area contributed by atoms with Gasteiger partial charge in [0.2, 0.25) is 11.6 Å². The zero-order valence-corrected chi connectivity index (χ0v) is 16.6. The highest BCUT2D eigenvalue weighted by atomic mass is 16.6. The summed E-state index contributed by atoms with van der Waals surface area (Å²) in [6.07, 6.45) is 1.77. The zero-order chi connectivity index (χ0) is 22.1. The van der Waals surface area contributed by atoms with Crippen molar-refractivity contribution < 1.29 is 9.72 Å². The third-order valence-electron chi connectivity index (χ3n) is 4.93. The Balaban J connectivity index is 1.59. The highest BCUT2D eigenvalue weighted by Gasteiger charge is 2.27. The van der Waals surface area contributed by atoms with Crippen LogP contribution in [0.3, 0.4) is 0 Å². The number of nitrogens with one attached hydrogen (secondary N) is 1. The van der Waals surface area contributed by atoms with Crippen molar-refractivity contribution in [3.63, 3.8) is 0 Å². The first-order valence-electron chi connectivity index (χ1n) is 9.75. The van der Waals surface area contributed by atoms with Gasteiger partial charge in [-0.25, -0.2) is 9.66 Å². The topological polar surface area (TPSA) is 106 Å². The first-order chi connectivity index (χ1) is 15.6. The molecule has 0 amide bonds. The molecule has 0 radical (unpaired) electrons. The van der Waals surface area contributed by atoms with E-state index in [0.29, 0.717) is 22.9 Å². The number of carbonyl (C=O) groups is 1. The van der Waals surface area contributed by atoms with Crippen molar-refractivity contribution in [3.05, 3.63) is 107 Å². The standard InChI is InChI=1S/C23H16N6O3/c30-21(17-9-5-2-6-10-17)22-25-27-15-20(16-7-3-1-4-8-16)24-23(27)28(26-22)18-11-13-19(14-12-18)29(31)32/h1-15H,(H,25,26). The van der Waals surface area contributed by atoms with E-state index >= 15 is 0 Å².